The predicted molar refractivity (Wildman–Crippen MR) is 99.3 cm³/mol. The molecule has 0 spiro atoms. The van der Waals surface area contributed by atoms with E-state index in [1.165, 1.54) is 11.9 Å². The fourth-order valence-corrected chi connectivity index (χ4v) is 2.42. The maximum atomic E-state index is 6.02. The lowest BCUT2D eigenvalue weighted by atomic mass is 9.97. The predicted octanol–water partition coefficient (Wildman–Crippen LogP) is 5.19. The van der Waals surface area contributed by atoms with E-state index in [1.54, 1.807) is 6.08 Å². The highest BCUT2D eigenvalue weighted by molar-refractivity contribution is 6.00. The van der Waals surface area contributed by atoms with Crippen molar-refractivity contribution in [3.8, 4) is 11.1 Å². The molecule has 0 unspecified atom stereocenters. The first-order chi connectivity index (χ1) is 11.1. The molecule has 0 aliphatic heterocycles. The van der Waals surface area contributed by atoms with Crippen molar-refractivity contribution in [2.45, 2.75) is 26.7 Å². The fraction of sp³-hybridized carbons (Fsp3) is 0.200. The first-order valence-electron chi connectivity index (χ1n) is 7.75. The standard InChI is InChI=1S/C17H17N3.C3H6/c1-11(2)12-6-8-13(9-7-12)14-4-3-5-15-16(14)17(18)20-10-19-15;1-3-2/h3-11H,1-2H3,(H2,18,19,20);3H,1H2,2H3. The van der Waals surface area contributed by atoms with E-state index in [0.29, 0.717) is 11.7 Å². The molecule has 2 aromatic carbocycles. The molecule has 118 valence electrons. The lowest BCUT2D eigenvalue weighted by Gasteiger charge is -2.10. The molecule has 0 atom stereocenters. The van der Waals surface area contributed by atoms with E-state index in [1.807, 2.05) is 19.1 Å². The molecule has 0 aliphatic rings. The highest BCUT2D eigenvalue weighted by Crippen LogP contribution is 2.31. The quantitative estimate of drug-likeness (QED) is 0.662. The Kier molecular flexibility index (Phi) is 5.47. The van der Waals surface area contributed by atoms with Gasteiger partial charge < -0.3 is 5.73 Å². The molecule has 0 amide bonds. The molecule has 1 heterocycles. The van der Waals surface area contributed by atoms with Crippen molar-refractivity contribution in [3.63, 3.8) is 0 Å². The van der Waals surface area contributed by atoms with Crippen LogP contribution < -0.4 is 5.73 Å². The smallest absolute Gasteiger partial charge is 0.135 e. The van der Waals surface area contributed by atoms with Crippen LogP contribution >= 0.6 is 0 Å². The van der Waals surface area contributed by atoms with Gasteiger partial charge in [0.25, 0.3) is 0 Å². The normalized spacial score (nSPS) is 10.3. The number of allylic oxidation sites excluding steroid dienone is 1. The van der Waals surface area contributed by atoms with Crippen molar-refractivity contribution in [2.24, 2.45) is 0 Å². The molecule has 23 heavy (non-hydrogen) atoms. The molecule has 0 radical (unpaired) electrons. The number of aromatic nitrogens is 2. The zero-order valence-corrected chi connectivity index (χ0v) is 14.0. The van der Waals surface area contributed by atoms with Crippen LogP contribution in [0.2, 0.25) is 0 Å². The average molecular weight is 305 g/mol. The number of hydrogen-bond acceptors (Lipinski definition) is 3. The molecule has 1 aromatic heterocycles. The van der Waals surface area contributed by atoms with E-state index < -0.39 is 0 Å². The van der Waals surface area contributed by atoms with Crippen molar-refractivity contribution in [2.75, 3.05) is 5.73 Å². The molecule has 3 nitrogen and oxygen atoms in total. The number of benzene rings is 2. The van der Waals surface area contributed by atoms with Crippen molar-refractivity contribution in [1.29, 1.82) is 0 Å². The van der Waals surface area contributed by atoms with Crippen molar-refractivity contribution in [1.82, 2.24) is 9.97 Å². The number of fused-ring (bicyclic) bond motifs is 1. The van der Waals surface area contributed by atoms with E-state index in [4.69, 9.17) is 5.73 Å². The molecule has 0 fully saturated rings. The Balaban J connectivity index is 0.000000595. The second kappa shape index (κ2) is 7.54. The molecule has 0 bridgehead atoms. The Labute approximate surface area is 137 Å². The molecule has 0 saturated carbocycles. The van der Waals surface area contributed by atoms with Crippen LogP contribution in [0.25, 0.3) is 22.0 Å². The number of nitrogens with two attached hydrogens (primary N) is 1. The van der Waals surface area contributed by atoms with E-state index in [-0.39, 0.29) is 0 Å². The average Bonchev–Trinajstić information content (AvgIpc) is 2.55. The zero-order chi connectivity index (χ0) is 16.8. The molecular weight excluding hydrogens is 282 g/mol. The van der Waals surface area contributed by atoms with Gasteiger partial charge >= 0.3 is 0 Å². The third-order valence-corrected chi connectivity index (χ3v) is 3.58. The first-order valence-corrected chi connectivity index (χ1v) is 7.75. The van der Waals surface area contributed by atoms with Gasteiger partial charge in [-0.1, -0.05) is 56.3 Å². The van der Waals surface area contributed by atoms with E-state index in [2.05, 4.69) is 60.7 Å². The lowest BCUT2D eigenvalue weighted by Crippen LogP contribution is -1.95. The number of nitrogen functional groups attached to an aromatic ring is 1. The van der Waals surface area contributed by atoms with Gasteiger partial charge in [0.2, 0.25) is 0 Å². The summed E-state index contributed by atoms with van der Waals surface area (Å²) in [5.41, 5.74) is 10.5. The second-order valence-corrected chi connectivity index (χ2v) is 5.64. The lowest BCUT2D eigenvalue weighted by molar-refractivity contribution is 0.867. The van der Waals surface area contributed by atoms with Gasteiger partial charge in [0.15, 0.2) is 0 Å². The molecule has 3 rings (SSSR count). The summed E-state index contributed by atoms with van der Waals surface area (Å²) in [6.07, 6.45) is 3.25. The van der Waals surface area contributed by atoms with Crippen LogP contribution in [-0.2, 0) is 0 Å². The highest BCUT2D eigenvalue weighted by Gasteiger charge is 2.08. The van der Waals surface area contributed by atoms with Crippen LogP contribution in [-0.4, -0.2) is 9.97 Å². The molecule has 3 heteroatoms. The summed E-state index contributed by atoms with van der Waals surface area (Å²) >= 11 is 0. The molecular formula is C20H23N3. The molecule has 2 N–H and O–H groups in total. The Morgan fingerprint density at radius 2 is 1.70 bits per heavy atom. The number of anilines is 1. The summed E-state index contributed by atoms with van der Waals surface area (Å²) < 4.78 is 0. The van der Waals surface area contributed by atoms with Crippen molar-refractivity contribution >= 4 is 16.7 Å². The maximum Gasteiger partial charge on any atom is 0.135 e. The van der Waals surface area contributed by atoms with Crippen LogP contribution in [0.15, 0.2) is 61.4 Å². The van der Waals surface area contributed by atoms with Crippen LogP contribution in [0.3, 0.4) is 0 Å². The van der Waals surface area contributed by atoms with Crippen LogP contribution in [0.4, 0.5) is 5.82 Å². The number of rotatable bonds is 2. The topological polar surface area (TPSA) is 51.8 Å². The van der Waals surface area contributed by atoms with Gasteiger partial charge in [-0.25, -0.2) is 9.97 Å². The van der Waals surface area contributed by atoms with Gasteiger partial charge in [0.05, 0.1) is 10.9 Å². The largest absolute Gasteiger partial charge is 0.383 e. The van der Waals surface area contributed by atoms with Crippen LogP contribution in [0.5, 0.6) is 0 Å². The first kappa shape index (κ1) is 16.7. The SMILES string of the molecule is C=CC.CC(C)c1ccc(-c2cccc3ncnc(N)c23)cc1. The Morgan fingerprint density at radius 1 is 1.04 bits per heavy atom. The van der Waals surface area contributed by atoms with Gasteiger partial charge in [-0.15, -0.1) is 6.58 Å². The van der Waals surface area contributed by atoms with Gasteiger partial charge in [-0.05, 0) is 35.6 Å². The molecule has 0 aliphatic carbocycles. The van der Waals surface area contributed by atoms with Gasteiger partial charge in [-0.2, -0.15) is 0 Å². The second-order valence-electron chi connectivity index (χ2n) is 5.64. The highest BCUT2D eigenvalue weighted by atomic mass is 14.9. The van der Waals surface area contributed by atoms with Gasteiger partial charge in [0, 0.05) is 0 Å². The van der Waals surface area contributed by atoms with Crippen molar-refractivity contribution in [3.05, 3.63) is 67.0 Å². The monoisotopic (exact) mass is 305 g/mol. The number of hydrogen-bond donors (Lipinski definition) is 1. The summed E-state index contributed by atoms with van der Waals surface area (Å²) in [6.45, 7) is 9.64. The summed E-state index contributed by atoms with van der Waals surface area (Å²) in [7, 11) is 0. The summed E-state index contributed by atoms with van der Waals surface area (Å²) in [4.78, 5) is 8.39. The Hall–Kier alpha value is -2.68. The minimum Gasteiger partial charge on any atom is -0.383 e. The van der Waals surface area contributed by atoms with Crippen LogP contribution in [0, 0.1) is 0 Å². The Morgan fingerprint density at radius 3 is 2.30 bits per heavy atom. The molecule has 3 aromatic rings. The third-order valence-electron chi connectivity index (χ3n) is 3.58. The van der Waals surface area contributed by atoms with Gasteiger partial charge in [-0.3, -0.25) is 0 Å². The van der Waals surface area contributed by atoms with E-state index in [0.717, 1.165) is 22.0 Å². The van der Waals surface area contributed by atoms with Gasteiger partial charge in [0.1, 0.15) is 12.1 Å². The fourth-order valence-electron chi connectivity index (χ4n) is 2.42. The minimum absolute atomic E-state index is 0.526. The minimum atomic E-state index is 0.526. The van der Waals surface area contributed by atoms with E-state index >= 15 is 0 Å². The summed E-state index contributed by atoms with van der Waals surface area (Å²) in [5, 5.41) is 0.923. The number of nitrogens with zero attached hydrogens (tertiary/aromatic N) is 2. The van der Waals surface area contributed by atoms with Crippen LogP contribution in [0.1, 0.15) is 32.3 Å². The maximum absolute atomic E-state index is 6.02. The van der Waals surface area contributed by atoms with E-state index in [9.17, 15) is 0 Å². The Bertz CT molecular complexity index is 784. The third kappa shape index (κ3) is 3.75. The zero-order valence-electron chi connectivity index (χ0n) is 14.0. The molecule has 0 saturated heterocycles. The van der Waals surface area contributed by atoms with Crippen molar-refractivity contribution < 1.29 is 0 Å². The summed E-state index contributed by atoms with van der Waals surface area (Å²) in [6, 6.07) is 14.6. The summed E-state index contributed by atoms with van der Waals surface area (Å²) in [5.74, 6) is 1.06.